The van der Waals surface area contributed by atoms with E-state index in [0.29, 0.717) is 12.2 Å². The summed E-state index contributed by atoms with van der Waals surface area (Å²) in [6.45, 7) is 0.451. The lowest BCUT2D eigenvalue weighted by Crippen LogP contribution is -2.25. The van der Waals surface area contributed by atoms with Crippen LogP contribution in [0, 0.1) is 0 Å². The van der Waals surface area contributed by atoms with Crippen molar-refractivity contribution in [2.24, 2.45) is 0 Å². The number of hydrogen-bond donors (Lipinski definition) is 1. The van der Waals surface area contributed by atoms with Gasteiger partial charge in [0.25, 0.3) is 0 Å². The summed E-state index contributed by atoms with van der Waals surface area (Å²) in [5, 5.41) is 0. The minimum absolute atomic E-state index is 0.137. The third-order valence-corrected chi connectivity index (χ3v) is 3.07. The van der Waals surface area contributed by atoms with Crippen molar-refractivity contribution in [3.63, 3.8) is 0 Å². The maximum atomic E-state index is 11.0. The molecular formula is C10H16N2O2S. The monoisotopic (exact) mass is 228 g/mol. The molecule has 0 saturated heterocycles. The molecule has 1 aromatic carbocycles. The number of nitrogens with zero attached hydrogens (tertiary/aromatic N) is 1. The van der Waals surface area contributed by atoms with Crippen molar-refractivity contribution in [2.75, 3.05) is 36.2 Å². The zero-order valence-corrected chi connectivity index (χ0v) is 9.79. The molecule has 84 valence electrons. The molecule has 0 atom stereocenters. The number of nitrogen functional groups attached to an aromatic ring is 1. The van der Waals surface area contributed by atoms with Gasteiger partial charge in [-0.1, -0.05) is 12.1 Å². The molecule has 1 rings (SSSR count). The van der Waals surface area contributed by atoms with Crippen LogP contribution in [0.3, 0.4) is 0 Å². The van der Waals surface area contributed by atoms with Crippen molar-refractivity contribution in [3.05, 3.63) is 24.3 Å². The van der Waals surface area contributed by atoms with Crippen molar-refractivity contribution >= 4 is 21.2 Å². The van der Waals surface area contributed by atoms with E-state index in [1.165, 1.54) is 6.26 Å². The van der Waals surface area contributed by atoms with E-state index in [1.807, 2.05) is 30.1 Å². The summed E-state index contributed by atoms with van der Waals surface area (Å²) in [6.07, 6.45) is 1.23. The quantitative estimate of drug-likeness (QED) is 0.772. The molecule has 0 unspecified atom stereocenters. The molecular weight excluding hydrogens is 212 g/mol. The Bertz CT molecular complexity index is 429. The molecule has 0 aliphatic heterocycles. The summed E-state index contributed by atoms with van der Waals surface area (Å²) in [7, 11) is -1.09. The van der Waals surface area contributed by atoms with Crippen molar-refractivity contribution in [1.29, 1.82) is 0 Å². The average molecular weight is 228 g/mol. The van der Waals surface area contributed by atoms with E-state index in [2.05, 4.69) is 0 Å². The van der Waals surface area contributed by atoms with Gasteiger partial charge in [-0.05, 0) is 12.1 Å². The van der Waals surface area contributed by atoms with Crippen molar-refractivity contribution in [3.8, 4) is 0 Å². The first-order chi connectivity index (χ1) is 6.90. The fourth-order valence-corrected chi connectivity index (χ4v) is 1.86. The number of rotatable bonds is 4. The summed E-state index contributed by atoms with van der Waals surface area (Å²) in [5.41, 5.74) is 7.29. The highest BCUT2D eigenvalue weighted by Crippen LogP contribution is 2.20. The van der Waals surface area contributed by atoms with E-state index in [0.717, 1.165) is 5.69 Å². The van der Waals surface area contributed by atoms with E-state index in [4.69, 9.17) is 5.73 Å². The van der Waals surface area contributed by atoms with Gasteiger partial charge in [0.1, 0.15) is 9.84 Å². The topological polar surface area (TPSA) is 63.4 Å². The van der Waals surface area contributed by atoms with Gasteiger partial charge in [-0.25, -0.2) is 8.42 Å². The maximum absolute atomic E-state index is 11.0. The first-order valence-corrected chi connectivity index (χ1v) is 6.69. The molecule has 0 radical (unpaired) electrons. The first kappa shape index (κ1) is 11.8. The molecule has 0 amide bonds. The van der Waals surface area contributed by atoms with Crippen LogP contribution >= 0.6 is 0 Å². The summed E-state index contributed by atoms with van der Waals surface area (Å²) in [4.78, 5) is 1.84. The molecule has 0 aliphatic rings. The summed E-state index contributed by atoms with van der Waals surface area (Å²) >= 11 is 0. The van der Waals surface area contributed by atoms with Gasteiger partial charge in [-0.15, -0.1) is 0 Å². The fraction of sp³-hybridized carbons (Fsp3) is 0.400. The Hall–Kier alpha value is -1.23. The van der Waals surface area contributed by atoms with E-state index >= 15 is 0 Å². The summed E-state index contributed by atoms with van der Waals surface area (Å²) < 4.78 is 22.0. The second-order valence-corrected chi connectivity index (χ2v) is 5.87. The lowest BCUT2D eigenvalue weighted by atomic mass is 10.2. The zero-order chi connectivity index (χ0) is 11.5. The molecule has 5 heteroatoms. The highest BCUT2D eigenvalue weighted by atomic mass is 32.2. The van der Waals surface area contributed by atoms with E-state index in [-0.39, 0.29) is 5.75 Å². The standard InChI is InChI=1S/C10H16N2O2S/c1-12(7-8-15(2,13)14)10-6-4-3-5-9(10)11/h3-6H,7-8,11H2,1-2H3. The molecule has 4 nitrogen and oxygen atoms in total. The molecule has 0 saturated carbocycles. The molecule has 0 bridgehead atoms. The van der Waals surface area contributed by atoms with E-state index in [9.17, 15) is 8.42 Å². The lowest BCUT2D eigenvalue weighted by molar-refractivity contribution is 0.601. The van der Waals surface area contributed by atoms with Gasteiger partial charge >= 0.3 is 0 Å². The van der Waals surface area contributed by atoms with Gasteiger partial charge in [0, 0.05) is 19.8 Å². The maximum Gasteiger partial charge on any atom is 0.149 e. The van der Waals surface area contributed by atoms with Crippen molar-refractivity contribution < 1.29 is 8.42 Å². The van der Waals surface area contributed by atoms with Gasteiger partial charge in [0.15, 0.2) is 0 Å². The lowest BCUT2D eigenvalue weighted by Gasteiger charge is -2.20. The summed E-state index contributed by atoms with van der Waals surface area (Å²) in [5.74, 6) is 0.137. The van der Waals surface area contributed by atoms with Crippen molar-refractivity contribution in [1.82, 2.24) is 0 Å². The number of benzene rings is 1. The van der Waals surface area contributed by atoms with Gasteiger partial charge in [0.05, 0.1) is 17.1 Å². The highest BCUT2D eigenvalue weighted by molar-refractivity contribution is 7.90. The largest absolute Gasteiger partial charge is 0.397 e. The third-order valence-electron chi connectivity index (χ3n) is 2.15. The highest BCUT2D eigenvalue weighted by Gasteiger charge is 2.07. The molecule has 15 heavy (non-hydrogen) atoms. The van der Waals surface area contributed by atoms with Crippen LogP contribution < -0.4 is 10.6 Å². The second kappa shape index (κ2) is 4.53. The smallest absolute Gasteiger partial charge is 0.149 e. The number of anilines is 2. The van der Waals surface area contributed by atoms with Crippen LogP contribution in [0.2, 0.25) is 0 Å². The van der Waals surface area contributed by atoms with Crippen LogP contribution in [0.1, 0.15) is 0 Å². The molecule has 0 heterocycles. The van der Waals surface area contributed by atoms with Gasteiger partial charge < -0.3 is 10.6 Å². The van der Waals surface area contributed by atoms with Crippen LogP contribution in [0.25, 0.3) is 0 Å². The zero-order valence-electron chi connectivity index (χ0n) is 8.97. The Morgan fingerprint density at radius 3 is 2.47 bits per heavy atom. The fourth-order valence-electron chi connectivity index (χ4n) is 1.26. The predicted octanol–water partition coefficient (Wildman–Crippen LogP) is 0.750. The van der Waals surface area contributed by atoms with Gasteiger partial charge in [-0.3, -0.25) is 0 Å². The van der Waals surface area contributed by atoms with Crippen molar-refractivity contribution in [2.45, 2.75) is 0 Å². The Labute approximate surface area is 90.6 Å². The predicted molar refractivity (Wildman–Crippen MR) is 63.8 cm³/mol. The average Bonchev–Trinajstić information content (AvgIpc) is 2.14. The molecule has 0 fully saturated rings. The molecule has 0 aliphatic carbocycles. The van der Waals surface area contributed by atoms with E-state index < -0.39 is 9.84 Å². The molecule has 2 N–H and O–H groups in total. The SMILES string of the molecule is CN(CCS(C)(=O)=O)c1ccccc1N. The Morgan fingerprint density at radius 2 is 1.93 bits per heavy atom. The first-order valence-electron chi connectivity index (χ1n) is 4.63. The minimum Gasteiger partial charge on any atom is -0.397 e. The van der Waals surface area contributed by atoms with Crippen LogP contribution in [-0.4, -0.2) is 34.0 Å². The normalized spacial score (nSPS) is 11.3. The third kappa shape index (κ3) is 3.79. The van der Waals surface area contributed by atoms with Crippen LogP contribution in [0.4, 0.5) is 11.4 Å². The van der Waals surface area contributed by atoms with E-state index in [1.54, 1.807) is 6.07 Å². The molecule has 0 spiro atoms. The Morgan fingerprint density at radius 1 is 1.33 bits per heavy atom. The summed E-state index contributed by atoms with van der Waals surface area (Å²) in [6, 6.07) is 7.40. The molecule has 1 aromatic rings. The van der Waals surface area contributed by atoms with Gasteiger partial charge in [0.2, 0.25) is 0 Å². The van der Waals surface area contributed by atoms with Gasteiger partial charge in [-0.2, -0.15) is 0 Å². The second-order valence-electron chi connectivity index (χ2n) is 3.61. The Balaban J connectivity index is 2.70. The Kier molecular flexibility index (Phi) is 3.57. The number of para-hydroxylation sites is 2. The number of nitrogens with two attached hydrogens (primary N) is 1. The van der Waals surface area contributed by atoms with Crippen LogP contribution in [0.15, 0.2) is 24.3 Å². The minimum atomic E-state index is -2.92. The van der Waals surface area contributed by atoms with Crippen LogP contribution in [-0.2, 0) is 9.84 Å². The van der Waals surface area contributed by atoms with Crippen LogP contribution in [0.5, 0.6) is 0 Å². The number of sulfone groups is 1. The molecule has 0 aromatic heterocycles. The number of hydrogen-bond acceptors (Lipinski definition) is 4.